The first kappa shape index (κ1) is 19.6. The van der Waals surface area contributed by atoms with Gasteiger partial charge >= 0.3 is 0 Å². The maximum atomic E-state index is 13.2. The van der Waals surface area contributed by atoms with Crippen LogP contribution in [0.2, 0.25) is 0 Å². The number of anilines is 1. The predicted molar refractivity (Wildman–Crippen MR) is 120 cm³/mol. The molecule has 2 heterocycles. The van der Waals surface area contributed by atoms with E-state index >= 15 is 0 Å². The molecule has 1 amide bonds. The highest BCUT2D eigenvalue weighted by atomic mass is 16.1. The zero-order valence-electron chi connectivity index (χ0n) is 17.1. The third-order valence-corrected chi connectivity index (χ3v) is 5.26. The number of aryl methyl sites for hydroxylation is 1. The van der Waals surface area contributed by atoms with Gasteiger partial charge in [0.25, 0.3) is 11.5 Å². The van der Waals surface area contributed by atoms with E-state index in [0.29, 0.717) is 17.8 Å². The first-order valence-electron chi connectivity index (χ1n) is 10.0. The van der Waals surface area contributed by atoms with Crippen LogP contribution >= 0.6 is 0 Å². The lowest BCUT2D eigenvalue weighted by Gasteiger charge is -2.14. The summed E-state index contributed by atoms with van der Waals surface area (Å²) in [6.45, 7) is 4.48. The third-order valence-electron chi connectivity index (χ3n) is 5.26. The Balaban J connectivity index is 1.60. The molecule has 0 spiro atoms. The Hall–Kier alpha value is -3.73. The van der Waals surface area contributed by atoms with Gasteiger partial charge in [-0.15, -0.1) is 0 Å². The van der Waals surface area contributed by atoms with Gasteiger partial charge in [0.15, 0.2) is 0 Å². The van der Waals surface area contributed by atoms with Gasteiger partial charge in [-0.2, -0.15) is 0 Å². The zero-order valence-corrected chi connectivity index (χ0v) is 17.1. The zero-order chi connectivity index (χ0) is 21.1. The molecular formula is C25H23N3O2. The summed E-state index contributed by atoms with van der Waals surface area (Å²) in [4.78, 5) is 29.7. The molecule has 0 saturated heterocycles. The van der Waals surface area contributed by atoms with Crippen LogP contribution < -0.4 is 10.9 Å². The second-order valence-corrected chi connectivity index (χ2v) is 7.25. The number of amides is 1. The Morgan fingerprint density at radius 1 is 1.00 bits per heavy atom. The highest BCUT2D eigenvalue weighted by molar-refractivity contribution is 6.13. The van der Waals surface area contributed by atoms with Crippen molar-refractivity contribution in [1.82, 2.24) is 9.55 Å². The number of carbonyl (C=O) groups is 1. The summed E-state index contributed by atoms with van der Waals surface area (Å²) >= 11 is 0. The van der Waals surface area contributed by atoms with Crippen LogP contribution in [0, 0.1) is 6.92 Å². The van der Waals surface area contributed by atoms with Gasteiger partial charge in [0.1, 0.15) is 0 Å². The fourth-order valence-electron chi connectivity index (χ4n) is 3.67. The van der Waals surface area contributed by atoms with Crippen molar-refractivity contribution in [3.8, 4) is 0 Å². The number of fused-ring (bicyclic) bond motifs is 1. The average molecular weight is 397 g/mol. The molecular weight excluding hydrogens is 374 g/mol. The lowest BCUT2D eigenvalue weighted by molar-refractivity contribution is 0.102. The van der Waals surface area contributed by atoms with Gasteiger partial charge in [0.05, 0.1) is 17.6 Å². The molecule has 0 fully saturated rings. The Morgan fingerprint density at radius 3 is 2.47 bits per heavy atom. The van der Waals surface area contributed by atoms with Crippen molar-refractivity contribution >= 4 is 22.5 Å². The summed E-state index contributed by atoms with van der Waals surface area (Å²) in [5, 5.41) is 3.86. The van der Waals surface area contributed by atoms with E-state index in [2.05, 4.69) is 5.32 Å². The molecule has 0 aliphatic rings. The topological polar surface area (TPSA) is 64.0 Å². The van der Waals surface area contributed by atoms with Crippen LogP contribution in [-0.4, -0.2) is 15.5 Å². The first-order chi connectivity index (χ1) is 14.6. The summed E-state index contributed by atoms with van der Waals surface area (Å²) in [7, 11) is 0. The van der Waals surface area contributed by atoms with E-state index in [1.54, 1.807) is 22.9 Å². The van der Waals surface area contributed by atoms with Gasteiger partial charge in [0.2, 0.25) is 0 Å². The van der Waals surface area contributed by atoms with Crippen molar-refractivity contribution in [2.24, 2.45) is 0 Å². The van der Waals surface area contributed by atoms with E-state index in [4.69, 9.17) is 4.98 Å². The minimum atomic E-state index is -0.146. The molecule has 0 bridgehead atoms. The Labute approximate surface area is 175 Å². The molecule has 5 nitrogen and oxygen atoms in total. The maximum absolute atomic E-state index is 13.2. The summed E-state index contributed by atoms with van der Waals surface area (Å²) < 4.78 is 1.65. The third kappa shape index (κ3) is 3.87. The van der Waals surface area contributed by atoms with E-state index in [1.165, 1.54) is 0 Å². The Kier molecular flexibility index (Phi) is 5.44. The Bertz CT molecular complexity index is 1270. The average Bonchev–Trinajstić information content (AvgIpc) is 2.76. The molecule has 0 unspecified atom stereocenters. The molecule has 0 aliphatic heterocycles. The van der Waals surface area contributed by atoms with Crippen molar-refractivity contribution < 1.29 is 4.79 Å². The number of aromatic nitrogens is 2. The van der Waals surface area contributed by atoms with Gasteiger partial charge in [0, 0.05) is 29.0 Å². The fourth-order valence-corrected chi connectivity index (χ4v) is 3.67. The van der Waals surface area contributed by atoms with E-state index in [-0.39, 0.29) is 11.5 Å². The molecule has 30 heavy (non-hydrogen) atoms. The van der Waals surface area contributed by atoms with Gasteiger partial charge in [-0.3, -0.25) is 14.6 Å². The van der Waals surface area contributed by atoms with E-state index in [0.717, 1.165) is 34.1 Å². The molecule has 2 aromatic carbocycles. The molecule has 0 atom stereocenters. The van der Waals surface area contributed by atoms with Crippen molar-refractivity contribution in [3.05, 3.63) is 106 Å². The Morgan fingerprint density at radius 2 is 1.73 bits per heavy atom. The van der Waals surface area contributed by atoms with Crippen LogP contribution in [0.3, 0.4) is 0 Å². The molecule has 0 radical (unpaired) electrons. The second-order valence-electron chi connectivity index (χ2n) is 7.25. The maximum Gasteiger partial charge on any atom is 0.256 e. The minimum Gasteiger partial charge on any atom is -0.322 e. The number of para-hydroxylation sites is 1. The van der Waals surface area contributed by atoms with Gasteiger partial charge in [-0.05, 0) is 48.7 Å². The van der Waals surface area contributed by atoms with Crippen molar-refractivity contribution in [3.63, 3.8) is 0 Å². The lowest BCUT2D eigenvalue weighted by atomic mass is 9.99. The van der Waals surface area contributed by atoms with E-state index in [1.807, 2.05) is 68.4 Å². The molecule has 5 heteroatoms. The molecule has 4 rings (SSSR count). The summed E-state index contributed by atoms with van der Waals surface area (Å²) in [5.41, 5.74) is 4.99. The lowest BCUT2D eigenvalue weighted by Crippen LogP contribution is -2.18. The number of rotatable bonds is 5. The predicted octanol–water partition coefficient (Wildman–Crippen LogP) is 4.57. The van der Waals surface area contributed by atoms with Crippen molar-refractivity contribution in [2.45, 2.75) is 26.8 Å². The molecule has 150 valence electrons. The van der Waals surface area contributed by atoms with Crippen LogP contribution in [0.1, 0.15) is 34.1 Å². The normalized spacial score (nSPS) is 10.9. The highest BCUT2D eigenvalue weighted by Crippen LogP contribution is 2.24. The number of benzene rings is 2. The standard InChI is InChI=1S/C25H23N3O2/c1-3-21-17(2)24(20-8-4-5-9-22(20)27-21)25(30)26-19-13-11-18(12-14-19)16-28-15-7-6-10-23(28)29/h4-15H,3,16H2,1-2H3,(H,26,30). The fraction of sp³-hybridized carbons (Fsp3) is 0.160. The van der Waals surface area contributed by atoms with Crippen LogP contribution in [0.25, 0.3) is 10.9 Å². The monoisotopic (exact) mass is 397 g/mol. The van der Waals surface area contributed by atoms with Crippen LogP contribution in [-0.2, 0) is 13.0 Å². The van der Waals surface area contributed by atoms with Crippen LogP contribution in [0.15, 0.2) is 77.7 Å². The van der Waals surface area contributed by atoms with Gasteiger partial charge < -0.3 is 9.88 Å². The molecule has 2 aromatic heterocycles. The number of nitrogens with zero attached hydrogens (tertiary/aromatic N) is 2. The van der Waals surface area contributed by atoms with Crippen LogP contribution in [0.5, 0.6) is 0 Å². The number of hydrogen-bond donors (Lipinski definition) is 1. The number of pyridine rings is 2. The van der Waals surface area contributed by atoms with Crippen LogP contribution in [0.4, 0.5) is 5.69 Å². The molecule has 0 saturated carbocycles. The number of nitrogens with one attached hydrogen (secondary N) is 1. The highest BCUT2D eigenvalue weighted by Gasteiger charge is 2.17. The molecule has 1 N–H and O–H groups in total. The second kappa shape index (κ2) is 8.33. The minimum absolute atomic E-state index is 0.0401. The quantitative estimate of drug-likeness (QED) is 0.537. The number of hydrogen-bond acceptors (Lipinski definition) is 3. The number of carbonyl (C=O) groups excluding carboxylic acids is 1. The molecule has 4 aromatic rings. The molecule has 0 aliphatic carbocycles. The smallest absolute Gasteiger partial charge is 0.256 e. The van der Waals surface area contributed by atoms with Gasteiger partial charge in [-0.25, -0.2) is 0 Å². The van der Waals surface area contributed by atoms with Gasteiger partial charge in [-0.1, -0.05) is 43.3 Å². The summed E-state index contributed by atoms with van der Waals surface area (Å²) in [6.07, 6.45) is 2.53. The van der Waals surface area contributed by atoms with E-state index in [9.17, 15) is 9.59 Å². The van der Waals surface area contributed by atoms with E-state index < -0.39 is 0 Å². The summed E-state index contributed by atoms with van der Waals surface area (Å²) in [6, 6.07) is 20.4. The first-order valence-corrected chi connectivity index (χ1v) is 10.0. The summed E-state index contributed by atoms with van der Waals surface area (Å²) in [5.74, 6) is -0.146. The largest absolute Gasteiger partial charge is 0.322 e. The SMILES string of the molecule is CCc1nc2ccccc2c(C(=O)Nc2ccc(Cn3ccccc3=O)cc2)c1C. The van der Waals surface area contributed by atoms with Crippen molar-refractivity contribution in [2.75, 3.05) is 5.32 Å². The van der Waals surface area contributed by atoms with Crippen molar-refractivity contribution in [1.29, 1.82) is 0 Å².